The molecule has 1 aliphatic carbocycles. The number of anilines is 1. The topological polar surface area (TPSA) is 26.0 Å². The molecule has 1 saturated carbocycles. The van der Waals surface area contributed by atoms with E-state index in [1.165, 1.54) is 48.8 Å². The van der Waals surface area contributed by atoms with Crippen molar-refractivity contribution in [2.45, 2.75) is 38.0 Å². The summed E-state index contributed by atoms with van der Waals surface area (Å²) in [4.78, 5) is 0. The quantitative estimate of drug-likeness (QED) is 0.748. The minimum absolute atomic E-state index is 0.664. The van der Waals surface area contributed by atoms with Crippen LogP contribution in [0.15, 0.2) is 48.5 Å². The Morgan fingerprint density at radius 3 is 2.26 bits per heavy atom. The Bertz CT molecular complexity index is 539. The van der Waals surface area contributed by atoms with E-state index in [-0.39, 0.29) is 0 Å². The van der Waals surface area contributed by atoms with Crippen LogP contribution in [0.25, 0.3) is 11.1 Å². The lowest BCUT2D eigenvalue weighted by Gasteiger charge is -2.24. The van der Waals surface area contributed by atoms with Gasteiger partial charge in [0.15, 0.2) is 0 Å². The molecule has 0 saturated heterocycles. The van der Waals surface area contributed by atoms with Crippen LogP contribution in [-0.4, -0.2) is 0 Å². The molecule has 0 aromatic heterocycles. The lowest BCUT2D eigenvalue weighted by atomic mass is 9.82. The molecule has 1 fully saturated rings. The van der Waals surface area contributed by atoms with Crippen LogP contribution >= 0.6 is 0 Å². The van der Waals surface area contributed by atoms with E-state index in [1.807, 2.05) is 0 Å². The minimum atomic E-state index is 0.664. The summed E-state index contributed by atoms with van der Waals surface area (Å²) in [6.45, 7) is 0. The van der Waals surface area contributed by atoms with Gasteiger partial charge >= 0.3 is 0 Å². The van der Waals surface area contributed by atoms with Crippen LogP contribution in [-0.2, 0) is 0 Å². The summed E-state index contributed by atoms with van der Waals surface area (Å²) in [5.41, 5.74) is 11.1. The maximum absolute atomic E-state index is 6.20. The molecule has 2 aromatic rings. The Balaban J connectivity index is 1.96. The molecule has 0 aliphatic heterocycles. The van der Waals surface area contributed by atoms with Crippen molar-refractivity contribution in [1.82, 2.24) is 0 Å². The van der Waals surface area contributed by atoms with Crippen LogP contribution in [0, 0.1) is 0 Å². The Kier molecular flexibility index (Phi) is 3.54. The summed E-state index contributed by atoms with van der Waals surface area (Å²) in [6.07, 6.45) is 6.67. The van der Waals surface area contributed by atoms with Crippen LogP contribution in [0.4, 0.5) is 5.69 Å². The van der Waals surface area contributed by atoms with E-state index in [4.69, 9.17) is 5.73 Å². The van der Waals surface area contributed by atoms with Crippen molar-refractivity contribution in [2.75, 3.05) is 5.73 Å². The molecule has 0 amide bonds. The van der Waals surface area contributed by atoms with Crippen molar-refractivity contribution in [3.8, 4) is 11.1 Å². The van der Waals surface area contributed by atoms with Gasteiger partial charge in [-0.05, 0) is 47.6 Å². The number of rotatable bonds is 2. The van der Waals surface area contributed by atoms with Crippen LogP contribution in [0.5, 0.6) is 0 Å². The summed E-state index contributed by atoms with van der Waals surface area (Å²) in [7, 11) is 0. The molecule has 2 N–H and O–H groups in total. The van der Waals surface area contributed by atoms with Crippen LogP contribution < -0.4 is 5.73 Å². The third-order valence-electron chi connectivity index (χ3n) is 4.24. The van der Waals surface area contributed by atoms with E-state index in [1.54, 1.807) is 0 Å². The van der Waals surface area contributed by atoms with Crippen molar-refractivity contribution in [3.63, 3.8) is 0 Å². The molecule has 0 bridgehead atoms. The highest BCUT2D eigenvalue weighted by Gasteiger charge is 2.18. The second-order valence-corrected chi connectivity index (χ2v) is 5.54. The maximum Gasteiger partial charge on any atom is 0.0349 e. The summed E-state index contributed by atoms with van der Waals surface area (Å²) in [5, 5.41) is 0. The molecule has 1 nitrogen and oxygen atoms in total. The van der Waals surface area contributed by atoms with E-state index < -0.39 is 0 Å². The molecular weight excluding hydrogens is 230 g/mol. The van der Waals surface area contributed by atoms with Gasteiger partial charge in [-0.15, -0.1) is 0 Å². The third kappa shape index (κ3) is 2.65. The summed E-state index contributed by atoms with van der Waals surface area (Å²) < 4.78 is 0. The first kappa shape index (κ1) is 12.3. The SMILES string of the molecule is Nc1ccc(-c2ccccc2)cc1C1CCCCC1. The molecule has 19 heavy (non-hydrogen) atoms. The number of hydrogen-bond acceptors (Lipinski definition) is 1. The van der Waals surface area contributed by atoms with Crippen molar-refractivity contribution >= 4 is 5.69 Å². The van der Waals surface area contributed by atoms with Gasteiger partial charge < -0.3 is 5.73 Å². The average molecular weight is 251 g/mol. The van der Waals surface area contributed by atoms with E-state index in [9.17, 15) is 0 Å². The standard InChI is InChI=1S/C18H21N/c19-18-12-11-16(14-7-3-1-4-8-14)13-17(18)15-9-5-2-6-10-15/h1,3-4,7-8,11-13,15H,2,5-6,9-10,19H2. The number of nitrogen functional groups attached to an aromatic ring is 1. The first-order valence-corrected chi connectivity index (χ1v) is 7.29. The van der Waals surface area contributed by atoms with Gasteiger partial charge in [-0.3, -0.25) is 0 Å². The number of hydrogen-bond donors (Lipinski definition) is 1. The molecule has 1 aliphatic rings. The molecule has 0 atom stereocenters. The highest BCUT2D eigenvalue weighted by molar-refractivity contribution is 5.68. The molecular formula is C18H21N. The van der Waals surface area contributed by atoms with Crippen LogP contribution in [0.1, 0.15) is 43.6 Å². The van der Waals surface area contributed by atoms with E-state index >= 15 is 0 Å². The third-order valence-corrected chi connectivity index (χ3v) is 4.24. The van der Waals surface area contributed by atoms with E-state index in [2.05, 4.69) is 48.5 Å². The monoisotopic (exact) mass is 251 g/mol. The zero-order chi connectivity index (χ0) is 13.1. The maximum atomic E-state index is 6.20. The Morgan fingerprint density at radius 2 is 1.53 bits per heavy atom. The highest BCUT2D eigenvalue weighted by atomic mass is 14.6. The second-order valence-electron chi connectivity index (χ2n) is 5.54. The second kappa shape index (κ2) is 5.48. The largest absolute Gasteiger partial charge is 0.398 e. The molecule has 1 heteroatoms. The highest BCUT2D eigenvalue weighted by Crippen LogP contribution is 2.37. The van der Waals surface area contributed by atoms with Gasteiger partial charge in [0.2, 0.25) is 0 Å². The molecule has 0 spiro atoms. The van der Waals surface area contributed by atoms with Gasteiger partial charge in [-0.2, -0.15) is 0 Å². The van der Waals surface area contributed by atoms with Gasteiger partial charge in [0.25, 0.3) is 0 Å². The average Bonchev–Trinajstić information content (AvgIpc) is 2.49. The van der Waals surface area contributed by atoms with Crippen molar-refractivity contribution in [1.29, 1.82) is 0 Å². The fourth-order valence-corrected chi connectivity index (χ4v) is 3.15. The minimum Gasteiger partial charge on any atom is -0.398 e. The Morgan fingerprint density at radius 1 is 0.789 bits per heavy atom. The van der Waals surface area contributed by atoms with Gasteiger partial charge in [0, 0.05) is 5.69 Å². The molecule has 0 heterocycles. The Labute approximate surface area is 115 Å². The molecule has 0 radical (unpaired) electrons. The predicted molar refractivity (Wildman–Crippen MR) is 82.1 cm³/mol. The van der Waals surface area contributed by atoms with E-state index in [0.29, 0.717) is 5.92 Å². The van der Waals surface area contributed by atoms with Crippen LogP contribution in [0.3, 0.4) is 0 Å². The molecule has 2 aromatic carbocycles. The normalized spacial score (nSPS) is 16.4. The number of benzene rings is 2. The van der Waals surface area contributed by atoms with Gasteiger partial charge in [-0.1, -0.05) is 55.7 Å². The Hall–Kier alpha value is -1.76. The van der Waals surface area contributed by atoms with Gasteiger partial charge in [0.1, 0.15) is 0 Å². The van der Waals surface area contributed by atoms with Gasteiger partial charge in [0.05, 0.1) is 0 Å². The lowest BCUT2D eigenvalue weighted by Crippen LogP contribution is -2.07. The smallest absolute Gasteiger partial charge is 0.0349 e. The fourth-order valence-electron chi connectivity index (χ4n) is 3.15. The van der Waals surface area contributed by atoms with Gasteiger partial charge in [-0.25, -0.2) is 0 Å². The summed E-state index contributed by atoms with van der Waals surface area (Å²) in [5.74, 6) is 0.664. The number of nitrogens with two attached hydrogens (primary N) is 1. The van der Waals surface area contributed by atoms with Crippen molar-refractivity contribution < 1.29 is 0 Å². The predicted octanol–water partition coefficient (Wildman–Crippen LogP) is 4.98. The van der Waals surface area contributed by atoms with Crippen molar-refractivity contribution in [2.24, 2.45) is 0 Å². The van der Waals surface area contributed by atoms with Crippen LogP contribution in [0.2, 0.25) is 0 Å². The van der Waals surface area contributed by atoms with Crippen molar-refractivity contribution in [3.05, 3.63) is 54.1 Å². The summed E-state index contributed by atoms with van der Waals surface area (Å²) >= 11 is 0. The zero-order valence-corrected chi connectivity index (χ0v) is 11.3. The lowest BCUT2D eigenvalue weighted by molar-refractivity contribution is 0.444. The molecule has 98 valence electrons. The zero-order valence-electron chi connectivity index (χ0n) is 11.3. The first-order valence-electron chi connectivity index (χ1n) is 7.29. The summed E-state index contributed by atoms with van der Waals surface area (Å²) in [6, 6.07) is 17.1. The fraction of sp³-hybridized carbons (Fsp3) is 0.333. The first-order chi connectivity index (χ1) is 9.34. The van der Waals surface area contributed by atoms with E-state index in [0.717, 1.165) is 5.69 Å². The molecule has 3 rings (SSSR count). The molecule has 0 unspecified atom stereocenters.